The highest BCUT2D eigenvalue weighted by Crippen LogP contribution is 2.38. The number of carbonyl (C=O) groups excluding carboxylic acids is 1. The van der Waals surface area contributed by atoms with E-state index in [2.05, 4.69) is 39.4 Å². The highest BCUT2D eigenvalue weighted by atomic mass is 79.9. The molecule has 0 aliphatic heterocycles. The molecule has 0 bridgehead atoms. The van der Waals surface area contributed by atoms with Crippen LogP contribution < -0.4 is 14.8 Å². The third kappa shape index (κ3) is 6.02. The smallest absolute Gasteiger partial charge is 0.266 e. The zero-order valence-electron chi connectivity index (χ0n) is 21.0. The summed E-state index contributed by atoms with van der Waals surface area (Å²) in [6.07, 6.45) is 1.54. The summed E-state index contributed by atoms with van der Waals surface area (Å²) in [5.41, 5.74) is 4.39. The predicted molar refractivity (Wildman–Crippen MR) is 152 cm³/mol. The summed E-state index contributed by atoms with van der Waals surface area (Å²) in [5.74, 6) is 0.613. The average Bonchev–Trinajstić information content (AvgIpc) is 2.89. The number of ether oxygens (including phenoxy) is 2. The second-order valence-corrected chi connectivity index (χ2v) is 9.42. The number of amides is 1. The van der Waals surface area contributed by atoms with Crippen LogP contribution in [0.15, 0.2) is 82.8 Å². The molecule has 4 aromatic carbocycles. The van der Waals surface area contributed by atoms with Gasteiger partial charge in [-0.05, 0) is 94.0 Å². The highest BCUT2D eigenvalue weighted by molar-refractivity contribution is 9.10. The minimum Gasteiger partial charge on any atom is -0.490 e. The van der Waals surface area contributed by atoms with E-state index in [1.165, 1.54) is 0 Å². The summed E-state index contributed by atoms with van der Waals surface area (Å²) in [6, 6.07) is 25.6. The summed E-state index contributed by atoms with van der Waals surface area (Å²) >= 11 is 3.59. The van der Waals surface area contributed by atoms with Crippen molar-refractivity contribution in [3.63, 3.8) is 0 Å². The first-order chi connectivity index (χ1) is 17.9. The van der Waals surface area contributed by atoms with Gasteiger partial charge < -0.3 is 14.8 Å². The van der Waals surface area contributed by atoms with Crippen LogP contribution in [0, 0.1) is 25.2 Å². The lowest BCUT2D eigenvalue weighted by Gasteiger charge is -2.16. The van der Waals surface area contributed by atoms with Gasteiger partial charge in [-0.1, -0.05) is 54.6 Å². The number of nitrogens with one attached hydrogen (secondary N) is 1. The van der Waals surface area contributed by atoms with Crippen LogP contribution in [-0.4, -0.2) is 12.5 Å². The maximum Gasteiger partial charge on any atom is 0.266 e. The molecule has 0 aliphatic carbocycles. The van der Waals surface area contributed by atoms with Gasteiger partial charge in [0.05, 0.1) is 11.1 Å². The number of hydrogen-bond acceptors (Lipinski definition) is 4. The summed E-state index contributed by atoms with van der Waals surface area (Å²) in [6.45, 7) is 6.59. The fraction of sp³-hybridized carbons (Fsp3) is 0.161. The molecule has 0 saturated heterocycles. The summed E-state index contributed by atoms with van der Waals surface area (Å²) in [4.78, 5) is 12.9. The Bertz CT molecular complexity index is 1530. The van der Waals surface area contributed by atoms with Crippen LogP contribution in [-0.2, 0) is 11.4 Å². The quantitative estimate of drug-likeness (QED) is 0.178. The topological polar surface area (TPSA) is 71.3 Å². The van der Waals surface area contributed by atoms with Crippen molar-refractivity contribution in [1.29, 1.82) is 5.26 Å². The number of rotatable bonds is 8. The number of anilines is 1. The molecule has 6 heteroatoms. The molecule has 5 nitrogen and oxygen atoms in total. The molecule has 0 spiro atoms. The molecule has 0 heterocycles. The van der Waals surface area contributed by atoms with E-state index in [1.54, 1.807) is 12.1 Å². The summed E-state index contributed by atoms with van der Waals surface area (Å²) in [7, 11) is 0. The molecular formula is C31H27BrN2O3. The van der Waals surface area contributed by atoms with Crippen LogP contribution in [0.25, 0.3) is 16.8 Å². The van der Waals surface area contributed by atoms with Crippen molar-refractivity contribution in [2.24, 2.45) is 0 Å². The van der Waals surface area contributed by atoms with Gasteiger partial charge in [-0.15, -0.1) is 0 Å². The maximum atomic E-state index is 12.9. The molecule has 0 radical (unpaired) electrons. The SMILES string of the molecule is CCOc1cc(/C=C(\C#N)C(=O)Nc2cccc(C)c2C)cc(Br)c1OCc1cccc2ccccc12. The van der Waals surface area contributed by atoms with Crippen LogP contribution in [0.5, 0.6) is 11.5 Å². The second kappa shape index (κ2) is 11.8. The molecule has 0 aromatic heterocycles. The maximum absolute atomic E-state index is 12.9. The van der Waals surface area contributed by atoms with E-state index in [0.717, 1.165) is 27.5 Å². The largest absolute Gasteiger partial charge is 0.490 e. The van der Waals surface area contributed by atoms with E-state index in [1.807, 2.05) is 75.4 Å². The van der Waals surface area contributed by atoms with E-state index in [0.29, 0.717) is 40.4 Å². The Hall–Kier alpha value is -4.08. The molecule has 4 aromatic rings. The highest BCUT2D eigenvalue weighted by Gasteiger charge is 2.16. The van der Waals surface area contributed by atoms with Gasteiger partial charge in [-0.2, -0.15) is 5.26 Å². The van der Waals surface area contributed by atoms with Gasteiger partial charge in [0.25, 0.3) is 5.91 Å². The van der Waals surface area contributed by atoms with Crippen LogP contribution in [0.2, 0.25) is 0 Å². The van der Waals surface area contributed by atoms with Crippen molar-refractivity contribution in [3.05, 3.63) is 105 Å². The molecule has 1 N–H and O–H groups in total. The van der Waals surface area contributed by atoms with Gasteiger partial charge in [-0.3, -0.25) is 4.79 Å². The number of nitriles is 1. The van der Waals surface area contributed by atoms with Crippen molar-refractivity contribution in [2.45, 2.75) is 27.4 Å². The number of carbonyl (C=O) groups is 1. The number of benzene rings is 4. The van der Waals surface area contributed by atoms with Gasteiger partial charge in [-0.25, -0.2) is 0 Å². The molecule has 0 saturated carbocycles. The zero-order valence-corrected chi connectivity index (χ0v) is 22.6. The van der Waals surface area contributed by atoms with Gasteiger partial charge in [0.2, 0.25) is 0 Å². The van der Waals surface area contributed by atoms with Gasteiger partial charge >= 0.3 is 0 Å². The van der Waals surface area contributed by atoms with Gasteiger partial charge in [0.15, 0.2) is 11.5 Å². The third-order valence-corrected chi connectivity index (χ3v) is 6.70. The number of halogens is 1. The molecule has 4 rings (SSSR count). The van der Waals surface area contributed by atoms with Crippen molar-refractivity contribution >= 4 is 44.4 Å². The first-order valence-electron chi connectivity index (χ1n) is 12.0. The van der Waals surface area contributed by atoms with Crippen molar-refractivity contribution in [3.8, 4) is 17.6 Å². The van der Waals surface area contributed by atoms with Crippen LogP contribution in [0.3, 0.4) is 0 Å². The lowest BCUT2D eigenvalue weighted by atomic mass is 10.1. The van der Waals surface area contributed by atoms with E-state index in [-0.39, 0.29) is 5.57 Å². The Balaban J connectivity index is 1.60. The molecular weight excluding hydrogens is 528 g/mol. The molecule has 0 aliphatic rings. The Kier molecular flexibility index (Phi) is 8.27. The summed E-state index contributed by atoms with van der Waals surface area (Å²) < 4.78 is 12.7. The van der Waals surface area contributed by atoms with Crippen molar-refractivity contribution in [1.82, 2.24) is 0 Å². The minimum atomic E-state index is -0.471. The first-order valence-corrected chi connectivity index (χ1v) is 12.8. The first kappa shape index (κ1) is 26.0. The molecule has 1 amide bonds. The fourth-order valence-electron chi connectivity index (χ4n) is 4.03. The summed E-state index contributed by atoms with van der Waals surface area (Å²) in [5, 5.41) is 14.8. The lowest BCUT2D eigenvalue weighted by Crippen LogP contribution is -2.14. The van der Waals surface area contributed by atoms with E-state index >= 15 is 0 Å². The van der Waals surface area contributed by atoms with Crippen molar-refractivity contribution in [2.75, 3.05) is 11.9 Å². The molecule has 186 valence electrons. The van der Waals surface area contributed by atoms with Crippen LogP contribution in [0.4, 0.5) is 5.69 Å². The zero-order chi connectivity index (χ0) is 26.4. The van der Waals surface area contributed by atoms with Crippen molar-refractivity contribution < 1.29 is 14.3 Å². The predicted octanol–water partition coefficient (Wildman–Crippen LogP) is 7.74. The fourth-order valence-corrected chi connectivity index (χ4v) is 4.61. The molecule has 0 fully saturated rings. The second-order valence-electron chi connectivity index (χ2n) is 8.56. The Labute approximate surface area is 225 Å². The lowest BCUT2D eigenvalue weighted by molar-refractivity contribution is -0.112. The number of aryl methyl sites for hydroxylation is 1. The number of nitrogens with zero attached hydrogens (tertiary/aromatic N) is 1. The monoisotopic (exact) mass is 554 g/mol. The minimum absolute atomic E-state index is 0.0142. The average molecular weight is 555 g/mol. The number of fused-ring (bicyclic) bond motifs is 1. The van der Waals surface area contributed by atoms with Crippen LogP contribution in [0.1, 0.15) is 29.2 Å². The van der Waals surface area contributed by atoms with E-state index in [4.69, 9.17) is 9.47 Å². The Morgan fingerprint density at radius 1 is 1.03 bits per heavy atom. The standard InChI is InChI=1S/C31H27BrN2O3/c1-4-36-29-17-22(15-25(18-33)31(35)34-28-14-7-9-20(2)21(28)3)16-27(32)30(29)37-19-24-12-8-11-23-10-5-6-13-26(23)24/h5-17H,4,19H2,1-3H3,(H,34,35)/b25-15+. The number of hydrogen-bond donors (Lipinski definition) is 1. The van der Waals surface area contributed by atoms with Crippen LogP contribution >= 0.6 is 15.9 Å². The third-order valence-electron chi connectivity index (χ3n) is 6.11. The molecule has 0 atom stereocenters. The van der Waals surface area contributed by atoms with E-state index in [9.17, 15) is 10.1 Å². The Morgan fingerprint density at radius 2 is 1.78 bits per heavy atom. The molecule has 37 heavy (non-hydrogen) atoms. The van der Waals surface area contributed by atoms with Gasteiger partial charge in [0, 0.05) is 5.69 Å². The Morgan fingerprint density at radius 3 is 2.57 bits per heavy atom. The van der Waals surface area contributed by atoms with E-state index < -0.39 is 5.91 Å². The normalized spacial score (nSPS) is 11.2. The molecule has 0 unspecified atom stereocenters. The van der Waals surface area contributed by atoms with Gasteiger partial charge in [0.1, 0.15) is 18.2 Å².